The molecule has 1 fully saturated rings. The highest BCUT2D eigenvalue weighted by molar-refractivity contribution is 5.85. The van der Waals surface area contributed by atoms with Crippen LogP contribution in [-0.2, 0) is 6.42 Å². The molecular formula is C12H17ClFN. The molecule has 0 saturated carbocycles. The SMILES string of the molecule is CC1(Cc2ccccc2)CC(F)CN1.Cl. The van der Waals surface area contributed by atoms with Crippen molar-refractivity contribution in [1.29, 1.82) is 0 Å². The van der Waals surface area contributed by atoms with Gasteiger partial charge in [-0.05, 0) is 25.3 Å². The van der Waals surface area contributed by atoms with Gasteiger partial charge in [0.2, 0.25) is 0 Å². The Morgan fingerprint density at radius 3 is 2.60 bits per heavy atom. The highest BCUT2D eigenvalue weighted by atomic mass is 35.5. The Morgan fingerprint density at radius 1 is 1.40 bits per heavy atom. The van der Waals surface area contributed by atoms with E-state index in [1.165, 1.54) is 5.56 Å². The lowest BCUT2D eigenvalue weighted by Gasteiger charge is -2.24. The van der Waals surface area contributed by atoms with Crippen LogP contribution < -0.4 is 5.32 Å². The maximum Gasteiger partial charge on any atom is 0.114 e. The van der Waals surface area contributed by atoms with Crippen molar-refractivity contribution >= 4 is 12.4 Å². The number of hydrogen-bond donors (Lipinski definition) is 1. The third kappa shape index (κ3) is 3.18. The molecule has 0 spiro atoms. The first kappa shape index (κ1) is 12.5. The third-order valence-corrected chi connectivity index (χ3v) is 2.86. The summed E-state index contributed by atoms with van der Waals surface area (Å²) in [4.78, 5) is 0. The molecule has 3 heteroatoms. The molecule has 0 aliphatic carbocycles. The summed E-state index contributed by atoms with van der Waals surface area (Å²) in [6.45, 7) is 2.60. The third-order valence-electron chi connectivity index (χ3n) is 2.86. The van der Waals surface area contributed by atoms with Crippen molar-refractivity contribution in [3.05, 3.63) is 35.9 Å². The Kier molecular flexibility index (Phi) is 4.12. The number of benzene rings is 1. The van der Waals surface area contributed by atoms with Gasteiger partial charge in [-0.25, -0.2) is 4.39 Å². The van der Waals surface area contributed by atoms with Crippen molar-refractivity contribution in [3.8, 4) is 0 Å². The number of halogens is 2. The van der Waals surface area contributed by atoms with Crippen molar-refractivity contribution in [3.63, 3.8) is 0 Å². The molecule has 1 saturated heterocycles. The fourth-order valence-corrected chi connectivity index (χ4v) is 2.17. The van der Waals surface area contributed by atoms with Gasteiger partial charge in [0.1, 0.15) is 6.17 Å². The second-order valence-corrected chi connectivity index (χ2v) is 4.41. The number of nitrogens with one attached hydrogen (secondary N) is 1. The second kappa shape index (κ2) is 4.95. The standard InChI is InChI=1S/C12H16FN.ClH/c1-12(8-11(13)9-14-12)7-10-5-3-2-4-6-10;/h2-6,11,14H,7-9H2,1H3;1H. The van der Waals surface area contributed by atoms with Gasteiger partial charge in [-0.15, -0.1) is 12.4 Å². The van der Waals surface area contributed by atoms with Gasteiger partial charge in [-0.1, -0.05) is 30.3 Å². The Morgan fingerprint density at radius 2 is 2.07 bits per heavy atom. The predicted octanol–water partition coefficient (Wildman–Crippen LogP) is 2.74. The van der Waals surface area contributed by atoms with Crippen LogP contribution in [0.15, 0.2) is 30.3 Å². The maximum atomic E-state index is 13.1. The lowest BCUT2D eigenvalue weighted by Crippen LogP contribution is -2.38. The highest BCUT2D eigenvalue weighted by Crippen LogP contribution is 2.25. The van der Waals surface area contributed by atoms with E-state index in [9.17, 15) is 4.39 Å². The van der Waals surface area contributed by atoms with Gasteiger partial charge in [0.25, 0.3) is 0 Å². The van der Waals surface area contributed by atoms with Gasteiger partial charge < -0.3 is 5.32 Å². The number of hydrogen-bond acceptors (Lipinski definition) is 1. The summed E-state index contributed by atoms with van der Waals surface area (Å²) in [5, 5.41) is 3.26. The average Bonchev–Trinajstić information content (AvgIpc) is 2.47. The molecule has 1 aromatic carbocycles. The van der Waals surface area contributed by atoms with Crippen molar-refractivity contribution < 1.29 is 4.39 Å². The molecule has 2 atom stereocenters. The van der Waals surface area contributed by atoms with Crippen molar-refractivity contribution in [1.82, 2.24) is 5.32 Å². The number of rotatable bonds is 2. The molecule has 1 nitrogen and oxygen atoms in total. The van der Waals surface area contributed by atoms with E-state index in [1.807, 2.05) is 18.2 Å². The van der Waals surface area contributed by atoms with Gasteiger partial charge in [0, 0.05) is 12.1 Å². The highest BCUT2D eigenvalue weighted by Gasteiger charge is 2.34. The van der Waals surface area contributed by atoms with Gasteiger partial charge >= 0.3 is 0 Å². The predicted molar refractivity (Wildman–Crippen MR) is 63.3 cm³/mol. The smallest absolute Gasteiger partial charge is 0.114 e. The fraction of sp³-hybridized carbons (Fsp3) is 0.500. The van der Waals surface area contributed by atoms with E-state index in [2.05, 4.69) is 24.4 Å². The van der Waals surface area contributed by atoms with E-state index in [0.29, 0.717) is 13.0 Å². The van der Waals surface area contributed by atoms with E-state index in [-0.39, 0.29) is 17.9 Å². The van der Waals surface area contributed by atoms with Crippen LogP contribution in [0, 0.1) is 0 Å². The molecule has 15 heavy (non-hydrogen) atoms. The second-order valence-electron chi connectivity index (χ2n) is 4.41. The van der Waals surface area contributed by atoms with Crippen molar-refractivity contribution in [2.75, 3.05) is 6.54 Å². The summed E-state index contributed by atoms with van der Waals surface area (Å²) in [5.41, 5.74) is 1.22. The molecule has 2 unspecified atom stereocenters. The maximum absolute atomic E-state index is 13.1. The topological polar surface area (TPSA) is 12.0 Å². The average molecular weight is 230 g/mol. The minimum atomic E-state index is -0.677. The molecule has 0 amide bonds. The lowest BCUT2D eigenvalue weighted by molar-refractivity contribution is 0.329. The molecular weight excluding hydrogens is 213 g/mol. The van der Waals surface area contributed by atoms with Gasteiger partial charge in [-0.2, -0.15) is 0 Å². The summed E-state index contributed by atoms with van der Waals surface area (Å²) < 4.78 is 13.1. The monoisotopic (exact) mass is 229 g/mol. The van der Waals surface area contributed by atoms with Crippen LogP contribution in [0.5, 0.6) is 0 Å². The summed E-state index contributed by atoms with van der Waals surface area (Å²) in [6.07, 6.45) is 0.861. The zero-order valence-electron chi connectivity index (χ0n) is 8.87. The minimum Gasteiger partial charge on any atom is -0.308 e. The molecule has 0 radical (unpaired) electrons. The molecule has 1 aliphatic heterocycles. The molecule has 84 valence electrons. The van der Waals surface area contributed by atoms with Crippen LogP contribution in [0.1, 0.15) is 18.9 Å². The first-order valence-electron chi connectivity index (χ1n) is 5.11. The van der Waals surface area contributed by atoms with Crippen LogP contribution >= 0.6 is 12.4 Å². The van der Waals surface area contributed by atoms with E-state index < -0.39 is 6.17 Å². The minimum absolute atomic E-state index is 0. The Labute approximate surface area is 96.5 Å². The summed E-state index contributed by atoms with van der Waals surface area (Å²) in [6, 6.07) is 10.3. The summed E-state index contributed by atoms with van der Waals surface area (Å²) in [5.74, 6) is 0. The lowest BCUT2D eigenvalue weighted by atomic mass is 9.91. The molecule has 1 aromatic rings. The first-order chi connectivity index (χ1) is 6.68. The van der Waals surface area contributed by atoms with Gasteiger partial charge in [0.05, 0.1) is 0 Å². The zero-order valence-corrected chi connectivity index (χ0v) is 9.69. The summed E-state index contributed by atoms with van der Waals surface area (Å²) in [7, 11) is 0. The van der Waals surface area contributed by atoms with Crippen LogP contribution in [0.25, 0.3) is 0 Å². The van der Waals surface area contributed by atoms with Gasteiger partial charge in [0.15, 0.2) is 0 Å². The molecule has 1 aliphatic rings. The van der Waals surface area contributed by atoms with Crippen LogP contribution in [-0.4, -0.2) is 18.3 Å². The molecule has 0 aromatic heterocycles. The Bertz CT molecular complexity index is 304. The Hall–Kier alpha value is -0.600. The summed E-state index contributed by atoms with van der Waals surface area (Å²) >= 11 is 0. The largest absolute Gasteiger partial charge is 0.308 e. The quantitative estimate of drug-likeness (QED) is 0.823. The van der Waals surface area contributed by atoms with Gasteiger partial charge in [-0.3, -0.25) is 0 Å². The normalized spacial score (nSPS) is 29.9. The van der Waals surface area contributed by atoms with Crippen LogP contribution in [0.3, 0.4) is 0 Å². The van der Waals surface area contributed by atoms with Crippen molar-refractivity contribution in [2.45, 2.75) is 31.5 Å². The fourth-order valence-electron chi connectivity index (χ4n) is 2.17. The molecule has 1 heterocycles. The van der Waals surface area contributed by atoms with E-state index in [1.54, 1.807) is 0 Å². The zero-order chi connectivity index (χ0) is 10.0. The molecule has 1 N–H and O–H groups in total. The van der Waals surface area contributed by atoms with Crippen LogP contribution in [0.4, 0.5) is 4.39 Å². The first-order valence-corrected chi connectivity index (χ1v) is 5.11. The van der Waals surface area contributed by atoms with E-state index >= 15 is 0 Å². The number of alkyl halides is 1. The molecule has 2 rings (SSSR count). The van der Waals surface area contributed by atoms with Crippen molar-refractivity contribution in [2.24, 2.45) is 0 Å². The van der Waals surface area contributed by atoms with E-state index in [4.69, 9.17) is 0 Å². The van der Waals surface area contributed by atoms with E-state index in [0.717, 1.165) is 6.42 Å². The Balaban J connectivity index is 0.00000112. The molecule has 0 bridgehead atoms. The van der Waals surface area contributed by atoms with Crippen LogP contribution in [0.2, 0.25) is 0 Å².